The first-order valence-electron chi connectivity index (χ1n) is 9.68. The maximum absolute atomic E-state index is 12.4. The molecule has 5 N–H and O–H groups in total. The van der Waals surface area contributed by atoms with Crippen LogP contribution in [0, 0.1) is 11.8 Å². The fraction of sp³-hybridized carbons (Fsp3) is 0.273. The van der Waals surface area contributed by atoms with Gasteiger partial charge in [0.1, 0.15) is 0 Å². The van der Waals surface area contributed by atoms with Gasteiger partial charge in [0.25, 0.3) is 11.8 Å². The van der Waals surface area contributed by atoms with Gasteiger partial charge < -0.3 is 21.7 Å². The Bertz CT molecular complexity index is 971. The third-order valence-corrected chi connectivity index (χ3v) is 4.93. The second-order valence-corrected chi connectivity index (χ2v) is 7.42. The number of anilines is 1. The van der Waals surface area contributed by atoms with Gasteiger partial charge in [-0.05, 0) is 48.2 Å². The zero-order valence-corrected chi connectivity index (χ0v) is 16.6. The Labute approximate surface area is 174 Å². The van der Waals surface area contributed by atoms with E-state index in [1.807, 2.05) is 6.92 Å². The lowest BCUT2D eigenvalue weighted by molar-refractivity contribution is -0.118. The number of carbonyl (C=O) groups excluding carboxylic acids is 4. The number of hydrogen-bond acceptors (Lipinski definition) is 4. The van der Waals surface area contributed by atoms with E-state index in [1.165, 1.54) is 0 Å². The maximum atomic E-state index is 12.4. The van der Waals surface area contributed by atoms with Crippen molar-refractivity contribution in [3.8, 4) is 0 Å². The van der Waals surface area contributed by atoms with Crippen LogP contribution in [-0.4, -0.2) is 30.2 Å². The van der Waals surface area contributed by atoms with Crippen LogP contribution in [0.5, 0.6) is 0 Å². The molecule has 0 spiro atoms. The summed E-state index contributed by atoms with van der Waals surface area (Å²) in [5, 5.41) is 8.07. The Hall–Kier alpha value is -3.68. The van der Waals surface area contributed by atoms with E-state index in [0.717, 1.165) is 12.0 Å². The van der Waals surface area contributed by atoms with Gasteiger partial charge >= 0.3 is 0 Å². The molecule has 1 aliphatic rings. The van der Waals surface area contributed by atoms with Crippen molar-refractivity contribution in [1.29, 1.82) is 0 Å². The van der Waals surface area contributed by atoms with E-state index >= 15 is 0 Å². The predicted octanol–water partition coefficient (Wildman–Crippen LogP) is 1.43. The molecule has 2 unspecified atom stereocenters. The van der Waals surface area contributed by atoms with E-state index in [1.54, 1.807) is 48.5 Å². The number of rotatable bonds is 8. The van der Waals surface area contributed by atoms with Crippen molar-refractivity contribution < 1.29 is 19.2 Å². The Morgan fingerprint density at radius 3 is 2.27 bits per heavy atom. The molecular weight excluding hydrogens is 384 g/mol. The number of nitrogens with two attached hydrogens (primary N) is 1. The number of carbonyl (C=O) groups is 4. The van der Waals surface area contributed by atoms with Crippen molar-refractivity contribution in [2.24, 2.45) is 17.6 Å². The quantitative estimate of drug-likeness (QED) is 0.526. The minimum absolute atomic E-state index is 0.0139. The van der Waals surface area contributed by atoms with Gasteiger partial charge in [-0.3, -0.25) is 19.2 Å². The monoisotopic (exact) mass is 408 g/mol. The fourth-order valence-electron chi connectivity index (χ4n) is 2.99. The van der Waals surface area contributed by atoms with Crippen LogP contribution in [0.2, 0.25) is 0 Å². The molecule has 2 aromatic rings. The number of nitrogens with one attached hydrogen (secondary N) is 3. The first-order chi connectivity index (χ1) is 14.3. The lowest BCUT2D eigenvalue weighted by atomic mass is 10.1. The van der Waals surface area contributed by atoms with Crippen molar-refractivity contribution in [3.63, 3.8) is 0 Å². The van der Waals surface area contributed by atoms with E-state index in [0.29, 0.717) is 22.7 Å². The van der Waals surface area contributed by atoms with E-state index in [9.17, 15) is 19.2 Å². The molecule has 0 heterocycles. The smallest absolute Gasteiger partial charge is 0.251 e. The summed E-state index contributed by atoms with van der Waals surface area (Å²) in [5.74, 6) is -0.827. The summed E-state index contributed by atoms with van der Waals surface area (Å²) in [6, 6.07) is 13.4. The van der Waals surface area contributed by atoms with Crippen LogP contribution in [-0.2, 0) is 16.1 Å². The molecule has 2 aromatic carbocycles. The summed E-state index contributed by atoms with van der Waals surface area (Å²) in [5.41, 5.74) is 7.23. The Morgan fingerprint density at radius 2 is 1.63 bits per heavy atom. The standard InChI is InChI=1S/C22H24N4O4/c1-13-9-18(13)22(30)26-17-4-2-3-16(10-17)21(29)24-11-14-5-7-15(8-6-14)20(28)25-12-19(23)27/h2-8,10,13,18H,9,11-12H2,1H3,(H2,23,27)(H,24,29)(H,25,28)(H,26,30). The molecule has 3 rings (SSSR count). The van der Waals surface area contributed by atoms with Crippen LogP contribution in [0.1, 0.15) is 39.6 Å². The van der Waals surface area contributed by atoms with Crippen molar-refractivity contribution in [1.82, 2.24) is 10.6 Å². The molecule has 2 atom stereocenters. The highest BCUT2D eigenvalue weighted by Gasteiger charge is 2.39. The summed E-state index contributed by atoms with van der Waals surface area (Å²) in [6.45, 7) is 2.09. The molecule has 0 saturated heterocycles. The summed E-state index contributed by atoms with van der Waals surface area (Å²) >= 11 is 0. The van der Waals surface area contributed by atoms with Crippen LogP contribution in [0.15, 0.2) is 48.5 Å². The predicted molar refractivity (Wildman–Crippen MR) is 111 cm³/mol. The normalized spacial score (nSPS) is 17.0. The topological polar surface area (TPSA) is 130 Å². The van der Waals surface area contributed by atoms with Crippen molar-refractivity contribution in [3.05, 3.63) is 65.2 Å². The minimum Gasteiger partial charge on any atom is -0.368 e. The first-order valence-corrected chi connectivity index (χ1v) is 9.68. The fourth-order valence-corrected chi connectivity index (χ4v) is 2.99. The van der Waals surface area contributed by atoms with Crippen LogP contribution in [0.3, 0.4) is 0 Å². The number of benzene rings is 2. The second kappa shape index (κ2) is 9.21. The Kier molecular flexibility index (Phi) is 6.46. The van der Waals surface area contributed by atoms with Crippen LogP contribution in [0.25, 0.3) is 0 Å². The van der Waals surface area contributed by atoms with Gasteiger partial charge in [0.2, 0.25) is 11.8 Å². The highest BCUT2D eigenvalue weighted by Crippen LogP contribution is 2.38. The second-order valence-electron chi connectivity index (χ2n) is 7.42. The molecule has 156 valence electrons. The van der Waals surface area contributed by atoms with Gasteiger partial charge in [-0.25, -0.2) is 0 Å². The molecular formula is C22H24N4O4. The summed E-state index contributed by atoms with van der Waals surface area (Å²) in [6.07, 6.45) is 0.900. The Balaban J connectivity index is 1.52. The maximum Gasteiger partial charge on any atom is 0.251 e. The number of primary amides is 1. The SMILES string of the molecule is CC1CC1C(=O)Nc1cccc(C(=O)NCc2ccc(C(=O)NCC(N)=O)cc2)c1. The van der Waals surface area contributed by atoms with Gasteiger partial charge in [-0.2, -0.15) is 0 Å². The van der Waals surface area contributed by atoms with E-state index in [-0.39, 0.29) is 30.8 Å². The van der Waals surface area contributed by atoms with Crippen molar-refractivity contribution in [2.45, 2.75) is 19.9 Å². The molecule has 0 aliphatic heterocycles. The average molecular weight is 408 g/mol. The van der Waals surface area contributed by atoms with Crippen molar-refractivity contribution >= 4 is 29.3 Å². The summed E-state index contributed by atoms with van der Waals surface area (Å²) < 4.78 is 0. The lowest BCUT2D eigenvalue weighted by Crippen LogP contribution is -2.33. The lowest BCUT2D eigenvalue weighted by Gasteiger charge is -2.09. The molecule has 4 amide bonds. The molecule has 1 aliphatic carbocycles. The van der Waals surface area contributed by atoms with Gasteiger partial charge in [0, 0.05) is 29.3 Å². The number of amides is 4. The van der Waals surface area contributed by atoms with Gasteiger partial charge in [0.05, 0.1) is 6.54 Å². The van der Waals surface area contributed by atoms with Gasteiger partial charge in [-0.1, -0.05) is 25.1 Å². The minimum atomic E-state index is -0.617. The third-order valence-electron chi connectivity index (χ3n) is 4.93. The van der Waals surface area contributed by atoms with Gasteiger partial charge in [0.15, 0.2) is 0 Å². The molecule has 0 bridgehead atoms. The highest BCUT2D eigenvalue weighted by atomic mass is 16.2. The van der Waals surface area contributed by atoms with E-state index in [2.05, 4.69) is 16.0 Å². The van der Waals surface area contributed by atoms with Crippen LogP contribution < -0.4 is 21.7 Å². The molecule has 30 heavy (non-hydrogen) atoms. The molecule has 0 radical (unpaired) electrons. The summed E-state index contributed by atoms with van der Waals surface area (Å²) in [7, 11) is 0. The molecule has 0 aromatic heterocycles. The Morgan fingerprint density at radius 1 is 0.967 bits per heavy atom. The van der Waals surface area contributed by atoms with E-state index in [4.69, 9.17) is 5.73 Å². The van der Waals surface area contributed by atoms with Crippen LogP contribution >= 0.6 is 0 Å². The third kappa shape index (κ3) is 5.66. The zero-order valence-electron chi connectivity index (χ0n) is 16.6. The largest absolute Gasteiger partial charge is 0.368 e. The highest BCUT2D eigenvalue weighted by molar-refractivity contribution is 5.98. The average Bonchev–Trinajstić information content (AvgIpc) is 3.47. The molecule has 1 fully saturated rings. The number of hydrogen-bond donors (Lipinski definition) is 4. The summed E-state index contributed by atoms with van der Waals surface area (Å²) in [4.78, 5) is 47.1. The zero-order chi connectivity index (χ0) is 21.7. The van der Waals surface area contributed by atoms with Crippen molar-refractivity contribution in [2.75, 3.05) is 11.9 Å². The molecule has 8 nitrogen and oxygen atoms in total. The van der Waals surface area contributed by atoms with Gasteiger partial charge in [-0.15, -0.1) is 0 Å². The first kappa shape index (κ1) is 21.0. The van der Waals surface area contributed by atoms with E-state index < -0.39 is 11.8 Å². The van der Waals surface area contributed by atoms with Crippen LogP contribution in [0.4, 0.5) is 5.69 Å². The molecule has 1 saturated carbocycles. The molecule has 8 heteroatoms.